The zero-order chi connectivity index (χ0) is 15.5. The number of carbonyl (C=O) groups excluding carboxylic acids is 1. The summed E-state index contributed by atoms with van der Waals surface area (Å²) in [5, 5.41) is 0. The van der Waals surface area contributed by atoms with Gasteiger partial charge in [-0.05, 0) is 38.0 Å². The summed E-state index contributed by atoms with van der Waals surface area (Å²) in [7, 11) is -1.79. The van der Waals surface area contributed by atoms with Gasteiger partial charge in [0.05, 0.1) is 4.90 Å². The minimum atomic E-state index is -3.49. The number of hydrogen-bond donors (Lipinski definition) is 0. The topological polar surface area (TPSA) is 57.7 Å². The van der Waals surface area contributed by atoms with Gasteiger partial charge in [-0.2, -0.15) is 4.31 Å². The molecular formula is C15H22N2O3S. The van der Waals surface area contributed by atoms with E-state index in [1.165, 1.54) is 10.4 Å². The lowest BCUT2D eigenvalue weighted by atomic mass is 10.2. The van der Waals surface area contributed by atoms with Crippen LogP contribution in [0.25, 0.3) is 0 Å². The lowest BCUT2D eigenvalue weighted by Crippen LogP contribution is -2.35. The fourth-order valence-electron chi connectivity index (χ4n) is 2.41. The monoisotopic (exact) mass is 310 g/mol. The van der Waals surface area contributed by atoms with Crippen molar-refractivity contribution in [3.8, 4) is 0 Å². The summed E-state index contributed by atoms with van der Waals surface area (Å²) in [4.78, 5) is 13.9. The molecule has 21 heavy (non-hydrogen) atoms. The first kappa shape index (κ1) is 16.0. The molecule has 0 spiro atoms. The summed E-state index contributed by atoms with van der Waals surface area (Å²) in [6, 6.07) is 6.34. The highest BCUT2D eigenvalue weighted by Gasteiger charge is 2.26. The van der Waals surface area contributed by atoms with Gasteiger partial charge in [0.2, 0.25) is 10.0 Å². The van der Waals surface area contributed by atoms with Gasteiger partial charge >= 0.3 is 0 Å². The predicted octanol–water partition coefficient (Wildman–Crippen LogP) is 1.95. The summed E-state index contributed by atoms with van der Waals surface area (Å²) < 4.78 is 26.7. The molecule has 0 unspecified atom stereocenters. The smallest absolute Gasteiger partial charge is 0.253 e. The van der Waals surface area contributed by atoms with Gasteiger partial charge in [-0.1, -0.05) is 12.5 Å². The van der Waals surface area contributed by atoms with Crippen LogP contribution in [0.2, 0.25) is 0 Å². The molecule has 1 amide bonds. The largest absolute Gasteiger partial charge is 0.342 e. The van der Waals surface area contributed by atoms with Crippen LogP contribution < -0.4 is 0 Å². The molecule has 0 aromatic heterocycles. The Labute approximate surface area is 126 Å². The molecule has 0 N–H and O–H groups in total. The maximum absolute atomic E-state index is 12.6. The second-order valence-corrected chi connectivity index (χ2v) is 7.25. The summed E-state index contributed by atoms with van der Waals surface area (Å²) in [5.41, 5.74) is 0.414. The molecular weight excluding hydrogens is 288 g/mol. The molecule has 2 rings (SSSR count). The van der Waals surface area contributed by atoms with Crippen LogP contribution in [0.4, 0.5) is 0 Å². The van der Waals surface area contributed by atoms with E-state index in [9.17, 15) is 13.2 Å². The Morgan fingerprint density at radius 2 is 1.90 bits per heavy atom. The van der Waals surface area contributed by atoms with Gasteiger partial charge < -0.3 is 4.90 Å². The van der Waals surface area contributed by atoms with E-state index >= 15 is 0 Å². The minimum absolute atomic E-state index is 0.159. The highest BCUT2D eigenvalue weighted by atomic mass is 32.2. The standard InChI is InChI=1S/C15H22N2O3S/c1-3-16(2)15(18)13-8-7-9-14(12-13)21(19,20)17-10-5-4-6-11-17/h7-9,12H,3-6,10-11H2,1-2H3. The van der Waals surface area contributed by atoms with Crippen molar-refractivity contribution < 1.29 is 13.2 Å². The number of carbonyl (C=O) groups is 1. The average Bonchev–Trinajstić information content (AvgIpc) is 2.54. The molecule has 1 saturated heterocycles. The molecule has 6 heteroatoms. The summed E-state index contributed by atoms with van der Waals surface area (Å²) in [5.74, 6) is -0.159. The number of hydrogen-bond acceptors (Lipinski definition) is 3. The van der Waals surface area contributed by atoms with Gasteiger partial charge in [0.15, 0.2) is 0 Å². The lowest BCUT2D eigenvalue weighted by Gasteiger charge is -2.26. The van der Waals surface area contributed by atoms with E-state index in [-0.39, 0.29) is 10.8 Å². The summed E-state index contributed by atoms with van der Waals surface area (Å²) in [6.45, 7) is 3.60. The van der Waals surface area contributed by atoms with Crippen molar-refractivity contribution in [3.63, 3.8) is 0 Å². The molecule has 0 aliphatic carbocycles. The fraction of sp³-hybridized carbons (Fsp3) is 0.533. The first-order valence-electron chi connectivity index (χ1n) is 7.32. The highest BCUT2D eigenvalue weighted by molar-refractivity contribution is 7.89. The summed E-state index contributed by atoms with van der Waals surface area (Å²) in [6.07, 6.45) is 2.87. The molecule has 0 bridgehead atoms. The third kappa shape index (κ3) is 3.44. The third-order valence-electron chi connectivity index (χ3n) is 3.85. The number of benzene rings is 1. The zero-order valence-electron chi connectivity index (χ0n) is 12.6. The van der Waals surface area contributed by atoms with E-state index in [1.807, 2.05) is 6.92 Å². The Hall–Kier alpha value is -1.40. The number of amides is 1. The predicted molar refractivity (Wildman–Crippen MR) is 81.7 cm³/mol. The van der Waals surface area contributed by atoms with Crippen molar-refractivity contribution in [2.45, 2.75) is 31.1 Å². The Kier molecular flexibility index (Phi) is 5.00. The van der Waals surface area contributed by atoms with Gasteiger partial charge in [-0.25, -0.2) is 8.42 Å². The van der Waals surface area contributed by atoms with Crippen molar-refractivity contribution >= 4 is 15.9 Å². The SMILES string of the molecule is CCN(C)C(=O)c1cccc(S(=O)(=O)N2CCCCC2)c1. The third-order valence-corrected chi connectivity index (χ3v) is 5.75. The Bertz CT molecular complexity index is 607. The van der Waals surface area contributed by atoms with E-state index in [4.69, 9.17) is 0 Å². The Morgan fingerprint density at radius 1 is 1.24 bits per heavy atom. The summed E-state index contributed by atoms with van der Waals surface area (Å²) >= 11 is 0. The first-order valence-corrected chi connectivity index (χ1v) is 8.76. The second kappa shape index (κ2) is 6.58. The molecule has 1 aliphatic rings. The van der Waals surface area contributed by atoms with Crippen molar-refractivity contribution in [3.05, 3.63) is 29.8 Å². The van der Waals surface area contributed by atoms with Crippen LogP contribution in [-0.4, -0.2) is 50.2 Å². The van der Waals surface area contributed by atoms with Crippen molar-refractivity contribution in [2.75, 3.05) is 26.7 Å². The maximum atomic E-state index is 12.6. The van der Waals surface area contributed by atoms with Crippen LogP contribution in [0.1, 0.15) is 36.5 Å². The van der Waals surface area contributed by atoms with E-state index < -0.39 is 10.0 Å². The maximum Gasteiger partial charge on any atom is 0.253 e. The molecule has 116 valence electrons. The van der Waals surface area contributed by atoms with E-state index in [1.54, 1.807) is 30.1 Å². The normalized spacial score (nSPS) is 16.7. The van der Waals surface area contributed by atoms with Crippen molar-refractivity contribution in [2.24, 2.45) is 0 Å². The minimum Gasteiger partial charge on any atom is -0.342 e. The zero-order valence-corrected chi connectivity index (χ0v) is 13.4. The van der Waals surface area contributed by atoms with Gasteiger partial charge in [0.25, 0.3) is 5.91 Å². The van der Waals surface area contributed by atoms with Gasteiger partial charge in [-0.3, -0.25) is 4.79 Å². The molecule has 1 heterocycles. The highest BCUT2D eigenvalue weighted by Crippen LogP contribution is 2.21. The number of sulfonamides is 1. The van der Waals surface area contributed by atoms with Crippen LogP contribution in [-0.2, 0) is 10.0 Å². The molecule has 0 radical (unpaired) electrons. The van der Waals surface area contributed by atoms with Crippen molar-refractivity contribution in [1.82, 2.24) is 9.21 Å². The van der Waals surface area contributed by atoms with E-state index in [2.05, 4.69) is 0 Å². The van der Waals surface area contributed by atoms with Crippen LogP contribution in [0.3, 0.4) is 0 Å². The number of rotatable bonds is 4. The molecule has 1 aliphatic heterocycles. The van der Waals surface area contributed by atoms with E-state index in [0.717, 1.165) is 19.3 Å². The molecule has 5 nitrogen and oxygen atoms in total. The van der Waals surface area contributed by atoms with Crippen LogP contribution >= 0.6 is 0 Å². The molecule has 1 fully saturated rings. The molecule has 1 aromatic carbocycles. The molecule has 0 saturated carbocycles. The molecule has 0 atom stereocenters. The van der Waals surface area contributed by atoms with Gasteiger partial charge in [0, 0.05) is 32.2 Å². The van der Waals surface area contributed by atoms with Crippen molar-refractivity contribution in [1.29, 1.82) is 0 Å². The van der Waals surface area contributed by atoms with Gasteiger partial charge in [-0.15, -0.1) is 0 Å². The Morgan fingerprint density at radius 3 is 2.52 bits per heavy atom. The molecule has 1 aromatic rings. The lowest BCUT2D eigenvalue weighted by molar-refractivity contribution is 0.0802. The quantitative estimate of drug-likeness (QED) is 0.854. The fourth-order valence-corrected chi connectivity index (χ4v) is 3.97. The second-order valence-electron chi connectivity index (χ2n) is 5.31. The number of piperidine rings is 1. The number of nitrogens with zero attached hydrogens (tertiary/aromatic N) is 2. The Balaban J connectivity index is 2.30. The first-order chi connectivity index (χ1) is 9.96. The average molecular weight is 310 g/mol. The van der Waals surface area contributed by atoms with Gasteiger partial charge in [0.1, 0.15) is 0 Å². The van der Waals surface area contributed by atoms with Crippen LogP contribution in [0.5, 0.6) is 0 Å². The van der Waals surface area contributed by atoms with Crippen LogP contribution in [0, 0.1) is 0 Å². The van der Waals surface area contributed by atoms with Crippen LogP contribution in [0.15, 0.2) is 29.2 Å². The van der Waals surface area contributed by atoms with E-state index in [0.29, 0.717) is 25.2 Å².